The maximum Gasteiger partial charge on any atom is 0.416 e. The van der Waals surface area contributed by atoms with Crippen molar-refractivity contribution in [1.82, 2.24) is 15.2 Å². The number of nitrogens with zero attached hydrogens (tertiary/aromatic N) is 1. The Hall–Kier alpha value is -2.81. The van der Waals surface area contributed by atoms with Crippen molar-refractivity contribution in [3.63, 3.8) is 0 Å². The molecule has 0 radical (unpaired) electrons. The molecule has 1 amide bonds. The van der Waals surface area contributed by atoms with E-state index in [0.717, 1.165) is 37.9 Å². The molecule has 2 atom stereocenters. The maximum absolute atomic E-state index is 13.8. The molecule has 2 unspecified atom stereocenters. The smallest absolute Gasteiger partial charge is 0.382 e. The second-order valence-corrected chi connectivity index (χ2v) is 10.1. The third-order valence-electron chi connectivity index (χ3n) is 7.15. The van der Waals surface area contributed by atoms with E-state index in [-0.39, 0.29) is 23.7 Å². The average molecular weight is 507 g/mol. The third-order valence-corrected chi connectivity index (χ3v) is 7.15. The lowest BCUT2D eigenvalue weighted by atomic mass is 9.93. The molecule has 198 valence electrons. The van der Waals surface area contributed by atoms with Crippen molar-refractivity contribution < 1.29 is 18.0 Å². The molecule has 0 bridgehead atoms. The number of alkyl halides is 3. The quantitative estimate of drug-likeness (QED) is 0.476. The van der Waals surface area contributed by atoms with E-state index < -0.39 is 17.6 Å². The van der Waals surface area contributed by atoms with Crippen LogP contribution in [0.15, 0.2) is 23.0 Å². The summed E-state index contributed by atoms with van der Waals surface area (Å²) in [5.41, 5.74) is 1.29. The number of nitrogens with one attached hydrogen (secondary N) is 3. The highest BCUT2D eigenvalue weighted by molar-refractivity contribution is 5.97. The van der Waals surface area contributed by atoms with Gasteiger partial charge in [0, 0.05) is 53.7 Å². The Kier molecular flexibility index (Phi) is 8.54. The van der Waals surface area contributed by atoms with Gasteiger partial charge in [0.2, 0.25) is 0 Å². The van der Waals surface area contributed by atoms with Crippen LogP contribution in [0.4, 0.5) is 18.9 Å². The van der Waals surface area contributed by atoms with E-state index >= 15 is 0 Å². The number of aryl methyl sites for hydroxylation is 2. The van der Waals surface area contributed by atoms with Gasteiger partial charge in [0.25, 0.3) is 11.5 Å². The van der Waals surface area contributed by atoms with Crippen LogP contribution in [0.2, 0.25) is 0 Å². The zero-order valence-electron chi connectivity index (χ0n) is 21.9. The number of likely N-dealkylation sites (tertiary alicyclic amines) is 1. The van der Waals surface area contributed by atoms with Crippen molar-refractivity contribution in [2.75, 3.05) is 11.9 Å². The largest absolute Gasteiger partial charge is 0.416 e. The number of H-pyrrole nitrogens is 1. The van der Waals surface area contributed by atoms with E-state index in [9.17, 15) is 22.8 Å². The summed E-state index contributed by atoms with van der Waals surface area (Å²) in [6, 6.07) is 4.53. The van der Waals surface area contributed by atoms with Crippen molar-refractivity contribution >= 4 is 11.6 Å². The lowest BCUT2D eigenvalue weighted by Crippen LogP contribution is -2.49. The maximum atomic E-state index is 13.8. The Morgan fingerprint density at radius 2 is 1.89 bits per heavy atom. The van der Waals surface area contributed by atoms with Gasteiger partial charge in [0.05, 0.1) is 5.56 Å². The third kappa shape index (κ3) is 6.30. The molecule has 0 aliphatic carbocycles. The van der Waals surface area contributed by atoms with E-state index in [1.807, 2.05) is 0 Å². The summed E-state index contributed by atoms with van der Waals surface area (Å²) >= 11 is 0. The molecule has 1 fully saturated rings. The van der Waals surface area contributed by atoms with Crippen LogP contribution in [0, 0.1) is 20.8 Å². The summed E-state index contributed by atoms with van der Waals surface area (Å²) in [5.74, 6) is -0.651. The molecule has 1 aromatic heterocycles. The number of anilines is 1. The minimum atomic E-state index is -4.60. The number of pyridine rings is 1. The molecule has 3 rings (SSSR count). The van der Waals surface area contributed by atoms with Gasteiger partial charge in [-0.25, -0.2) is 0 Å². The van der Waals surface area contributed by atoms with Crippen LogP contribution >= 0.6 is 0 Å². The van der Waals surface area contributed by atoms with Crippen LogP contribution in [0.1, 0.15) is 78.3 Å². The number of aromatic nitrogens is 1. The summed E-state index contributed by atoms with van der Waals surface area (Å²) in [6.45, 7) is 12.4. The van der Waals surface area contributed by atoms with Crippen molar-refractivity contribution in [3.8, 4) is 0 Å². The fourth-order valence-electron chi connectivity index (χ4n) is 5.13. The molecule has 0 spiro atoms. The van der Waals surface area contributed by atoms with Crippen molar-refractivity contribution in [3.05, 3.63) is 62.1 Å². The lowest BCUT2D eigenvalue weighted by Gasteiger charge is -2.42. The second-order valence-electron chi connectivity index (χ2n) is 10.1. The molecule has 3 N–H and O–H groups in total. The monoisotopic (exact) mass is 506 g/mol. The number of benzene rings is 1. The first-order chi connectivity index (χ1) is 16.8. The lowest BCUT2D eigenvalue weighted by molar-refractivity contribution is -0.137. The topological polar surface area (TPSA) is 77.2 Å². The molecule has 36 heavy (non-hydrogen) atoms. The molecular weight excluding hydrogens is 469 g/mol. The summed E-state index contributed by atoms with van der Waals surface area (Å²) in [5, 5.41) is 5.96. The van der Waals surface area contributed by atoms with Crippen LogP contribution in [0.25, 0.3) is 0 Å². The van der Waals surface area contributed by atoms with Gasteiger partial charge in [0.15, 0.2) is 0 Å². The Morgan fingerprint density at radius 1 is 1.19 bits per heavy atom. The Morgan fingerprint density at radius 3 is 2.47 bits per heavy atom. The summed E-state index contributed by atoms with van der Waals surface area (Å²) < 4.78 is 41.3. The van der Waals surface area contributed by atoms with Gasteiger partial charge in [-0.3, -0.25) is 14.5 Å². The van der Waals surface area contributed by atoms with Crippen LogP contribution in [-0.2, 0) is 12.7 Å². The number of aromatic amines is 1. The number of carbonyl (C=O) groups is 1. The van der Waals surface area contributed by atoms with Gasteiger partial charge in [-0.15, -0.1) is 0 Å². The van der Waals surface area contributed by atoms with E-state index in [1.54, 1.807) is 26.8 Å². The van der Waals surface area contributed by atoms with Crippen LogP contribution < -0.4 is 16.2 Å². The van der Waals surface area contributed by atoms with Crippen molar-refractivity contribution in [1.29, 1.82) is 0 Å². The molecular formula is C27H37F3N4O2. The molecule has 9 heteroatoms. The predicted octanol–water partition coefficient (Wildman–Crippen LogP) is 5.31. The Bertz CT molecular complexity index is 1160. The van der Waals surface area contributed by atoms with E-state index in [1.165, 1.54) is 0 Å². The van der Waals surface area contributed by atoms with E-state index in [2.05, 4.69) is 41.3 Å². The zero-order chi connectivity index (χ0) is 26.8. The van der Waals surface area contributed by atoms with Crippen LogP contribution in [0.3, 0.4) is 0 Å². The number of piperidine rings is 1. The van der Waals surface area contributed by atoms with Gasteiger partial charge >= 0.3 is 6.18 Å². The number of carbonyl (C=O) groups excluding carboxylic acids is 1. The second kappa shape index (κ2) is 11.1. The number of amides is 1. The van der Waals surface area contributed by atoms with E-state index in [0.29, 0.717) is 40.2 Å². The van der Waals surface area contributed by atoms with Gasteiger partial charge in [-0.2, -0.15) is 13.2 Å². The number of rotatable bonds is 7. The molecule has 1 aliphatic heterocycles. The molecule has 1 aromatic carbocycles. The van der Waals surface area contributed by atoms with Crippen molar-refractivity contribution in [2.45, 2.75) is 91.7 Å². The first kappa shape index (κ1) is 27.8. The van der Waals surface area contributed by atoms with Gasteiger partial charge in [0.1, 0.15) is 0 Å². The number of hydrogen-bond donors (Lipinski definition) is 3. The van der Waals surface area contributed by atoms with E-state index in [4.69, 9.17) is 0 Å². The number of halogens is 3. The minimum Gasteiger partial charge on any atom is -0.382 e. The first-order valence-corrected chi connectivity index (χ1v) is 12.5. The SMILES string of the molecule is CCC1CC(Nc2cc(C(F)(F)F)cc(C(=O)NCc3c(C)cc(C)[nH]c3=O)c2C)CCN1C(C)C. The molecule has 2 aromatic rings. The highest BCUT2D eigenvalue weighted by Crippen LogP contribution is 2.35. The van der Waals surface area contributed by atoms with Gasteiger partial charge < -0.3 is 15.6 Å². The average Bonchev–Trinajstić information content (AvgIpc) is 2.78. The first-order valence-electron chi connectivity index (χ1n) is 12.5. The Labute approximate surface area is 210 Å². The number of hydrogen-bond acceptors (Lipinski definition) is 4. The van der Waals surface area contributed by atoms with Gasteiger partial charge in [-0.05, 0) is 83.2 Å². The predicted molar refractivity (Wildman–Crippen MR) is 136 cm³/mol. The molecule has 1 aliphatic rings. The van der Waals surface area contributed by atoms with Gasteiger partial charge in [-0.1, -0.05) is 6.92 Å². The minimum absolute atomic E-state index is 0.0109. The standard InChI is InChI=1S/C27H37F3N4O2/c1-7-21-13-20(8-9-34(21)15(2)3)33-24-12-19(27(28,29)30)11-22(18(24)6)25(35)31-14-23-16(4)10-17(5)32-26(23)36/h10-12,15,20-21,33H,7-9,13-14H2,1-6H3,(H,31,35)(H,32,36). The molecule has 0 saturated carbocycles. The molecule has 1 saturated heterocycles. The van der Waals surface area contributed by atoms with Crippen LogP contribution in [-0.4, -0.2) is 40.5 Å². The van der Waals surface area contributed by atoms with Crippen molar-refractivity contribution in [2.24, 2.45) is 0 Å². The van der Waals surface area contributed by atoms with Crippen LogP contribution in [0.5, 0.6) is 0 Å². The molecule has 6 nitrogen and oxygen atoms in total. The fraction of sp³-hybridized carbons (Fsp3) is 0.556. The molecule has 2 heterocycles. The highest BCUT2D eigenvalue weighted by atomic mass is 19.4. The summed E-state index contributed by atoms with van der Waals surface area (Å²) in [7, 11) is 0. The summed E-state index contributed by atoms with van der Waals surface area (Å²) in [6.07, 6.45) is -2.01. The normalized spacial score (nSPS) is 18.9. The Balaban J connectivity index is 1.87. The summed E-state index contributed by atoms with van der Waals surface area (Å²) in [4.78, 5) is 30.5. The highest BCUT2D eigenvalue weighted by Gasteiger charge is 2.34. The zero-order valence-corrected chi connectivity index (χ0v) is 21.9. The fourth-order valence-corrected chi connectivity index (χ4v) is 5.13.